The van der Waals surface area contributed by atoms with Crippen LogP contribution in [0.5, 0.6) is 0 Å². The van der Waals surface area contributed by atoms with E-state index in [1.165, 1.54) is 31.1 Å². The van der Waals surface area contributed by atoms with Crippen molar-refractivity contribution in [3.05, 3.63) is 182 Å². The van der Waals surface area contributed by atoms with E-state index in [1.54, 1.807) is 0 Å². The Morgan fingerprint density at radius 3 is 0.867 bits per heavy atom. The molecule has 0 aliphatic heterocycles. The van der Waals surface area contributed by atoms with Crippen LogP contribution in [-0.2, 0) is 0 Å². The molecule has 0 N–H and O–H groups in total. The average molecular weight is 618 g/mol. The molecule has 6 aromatic rings. The zero-order chi connectivity index (χ0) is 31.2. The molecule has 0 heterocycles. The van der Waals surface area contributed by atoms with Crippen LogP contribution in [0.3, 0.4) is 0 Å². The summed E-state index contributed by atoms with van der Waals surface area (Å²) in [5.41, 5.74) is -0.374. The van der Waals surface area contributed by atoms with Gasteiger partial charge in [-0.05, 0) is 51.9 Å². The van der Waals surface area contributed by atoms with E-state index in [0.717, 1.165) is 0 Å². The molecule has 6 aromatic carbocycles. The minimum absolute atomic E-state index is 0.374. The fraction of sp³-hybridized carbons (Fsp3) is 0.100. The predicted octanol–water partition coefficient (Wildman–Crippen LogP) is 5.79. The Bertz CT molecular complexity index is 1620. The van der Waals surface area contributed by atoms with Crippen LogP contribution in [-0.4, -0.2) is 26.7 Å². The number of rotatable bonds is 9. The van der Waals surface area contributed by atoms with Crippen molar-refractivity contribution in [2.24, 2.45) is 10.0 Å². The summed E-state index contributed by atoms with van der Waals surface area (Å²) in [6.45, 7) is 6.79. The SMILES string of the molecule is CC(C)(C)N(N=N[Si](c1ccccc1)(c1ccccc1)c1ccccc1)[Si](c1ccccc1)(c1ccccc1)c1ccccc1. The van der Waals surface area contributed by atoms with E-state index in [4.69, 9.17) is 10.0 Å². The Balaban J connectivity index is 1.71. The Morgan fingerprint density at radius 2 is 0.622 bits per heavy atom. The molecule has 0 radical (unpaired) electrons. The zero-order valence-corrected chi connectivity index (χ0v) is 28.2. The Hall–Kier alpha value is -4.85. The Kier molecular flexibility index (Phi) is 8.74. The van der Waals surface area contributed by atoms with Crippen LogP contribution in [0.25, 0.3) is 0 Å². The van der Waals surface area contributed by atoms with Crippen molar-refractivity contribution >= 4 is 47.6 Å². The molecule has 0 spiro atoms. The average Bonchev–Trinajstić information content (AvgIpc) is 3.10. The van der Waals surface area contributed by atoms with Crippen LogP contribution in [0.15, 0.2) is 192 Å². The van der Waals surface area contributed by atoms with Crippen LogP contribution in [0.2, 0.25) is 0 Å². The maximum absolute atomic E-state index is 5.70. The number of hydrogen-bond donors (Lipinski definition) is 0. The third-order valence-electron chi connectivity index (χ3n) is 8.39. The Labute approximate surface area is 269 Å². The minimum Gasteiger partial charge on any atom is -0.287 e. The predicted molar refractivity (Wildman–Crippen MR) is 194 cm³/mol. The summed E-state index contributed by atoms with van der Waals surface area (Å²) in [6.07, 6.45) is 0. The van der Waals surface area contributed by atoms with Crippen molar-refractivity contribution in [2.75, 3.05) is 0 Å². The number of hydrogen-bond acceptors (Lipinski definition) is 2. The Morgan fingerprint density at radius 1 is 0.378 bits per heavy atom. The summed E-state index contributed by atoms with van der Waals surface area (Å²) in [6, 6.07) is 65.2. The molecule has 45 heavy (non-hydrogen) atoms. The van der Waals surface area contributed by atoms with Gasteiger partial charge in [-0.15, -0.1) is 0 Å². The molecule has 0 saturated carbocycles. The van der Waals surface area contributed by atoms with E-state index >= 15 is 0 Å². The van der Waals surface area contributed by atoms with Crippen molar-refractivity contribution in [2.45, 2.75) is 26.3 Å². The first-order chi connectivity index (χ1) is 22.0. The monoisotopic (exact) mass is 617 g/mol. The van der Waals surface area contributed by atoms with E-state index in [2.05, 4.69) is 207 Å². The van der Waals surface area contributed by atoms with E-state index in [-0.39, 0.29) is 5.54 Å². The number of benzene rings is 6. The van der Waals surface area contributed by atoms with Crippen molar-refractivity contribution in [1.82, 2.24) is 4.67 Å². The van der Waals surface area contributed by atoms with Gasteiger partial charge in [0, 0.05) is 5.54 Å². The minimum atomic E-state index is -3.01. The lowest BCUT2D eigenvalue weighted by atomic mass is 10.1. The van der Waals surface area contributed by atoms with Gasteiger partial charge >= 0.3 is 8.24 Å². The molecular weight excluding hydrogens is 579 g/mol. The van der Waals surface area contributed by atoms with E-state index in [1.807, 2.05) is 0 Å². The van der Waals surface area contributed by atoms with Gasteiger partial charge in [-0.3, -0.25) is 4.67 Å². The van der Waals surface area contributed by atoms with Crippen LogP contribution >= 0.6 is 0 Å². The molecule has 5 heteroatoms. The van der Waals surface area contributed by atoms with Gasteiger partial charge in [0.05, 0.1) is 0 Å². The summed E-state index contributed by atoms with van der Waals surface area (Å²) in [7, 11) is -6.00. The maximum atomic E-state index is 5.70. The lowest BCUT2D eigenvalue weighted by Gasteiger charge is -2.48. The molecular formula is C40H39N3Si2. The van der Waals surface area contributed by atoms with Gasteiger partial charge in [-0.25, -0.2) is 0 Å². The normalized spacial score (nSPS) is 12.2. The van der Waals surface area contributed by atoms with Gasteiger partial charge in [0.1, 0.15) is 0 Å². The van der Waals surface area contributed by atoms with Crippen molar-refractivity contribution in [3.8, 4) is 0 Å². The molecule has 0 bridgehead atoms. The molecule has 0 saturated heterocycles. The zero-order valence-electron chi connectivity index (χ0n) is 26.2. The fourth-order valence-electron chi connectivity index (χ4n) is 6.43. The number of nitrogens with zero attached hydrogens (tertiary/aromatic N) is 3. The maximum Gasteiger partial charge on any atom is 0.303 e. The highest BCUT2D eigenvalue weighted by atomic mass is 28.3. The van der Waals surface area contributed by atoms with Gasteiger partial charge in [-0.2, -0.15) is 4.78 Å². The topological polar surface area (TPSA) is 28.0 Å². The fourth-order valence-corrected chi connectivity index (χ4v) is 15.1. The van der Waals surface area contributed by atoms with Gasteiger partial charge in [0.15, 0.2) is 0 Å². The molecule has 0 fully saturated rings. The second-order valence-corrected chi connectivity index (χ2v) is 19.2. The van der Waals surface area contributed by atoms with Gasteiger partial charge in [0.2, 0.25) is 0 Å². The van der Waals surface area contributed by atoms with Crippen LogP contribution in [0.4, 0.5) is 0 Å². The summed E-state index contributed by atoms with van der Waals surface area (Å²) in [5.74, 6) is 0. The summed E-state index contributed by atoms with van der Waals surface area (Å²) >= 11 is 0. The molecule has 0 aliphatic carbocycles. The van der Waals surface area contributed by atoms with Gasteiger partial charge < -0.3 is 0 Å². The van der Waals surface area contributed by atoms with Crippen LogP contribution in [0.1, 0.15) is 20.8 Å². The molecule has 0 aromatic heterocycles. The standard InChI is InChI=1S/C40H39N3Si2/c1-40(2,3)43(45(37-28-16-7-17-29-37,38-30-18-8-19-31-38)39-32-20-9-21-33-39)41-42-44(34-22-10-4-11-23-34,35-24-12-5-13-25-35)36-26-14-6-15-27-36/h4-33H,1-3H3. The van der Waals surface area contributed by atoms with Crippen LogP contribution < -0.4 is 31.1 Å². The molecule has 0 amide bonds. The van der Waals surface area contributed by atoms with E-state index in [9.17, 15) is 0 Å². The van der Waals surface area contributed by atoms with Gasteiger partial charge in [-0.1, -0.05) is 187 Å². The van der Waals surface area contributed by atoms with Crippen molar-refractivity contribution < 1.29 is 0 Å². The third kappa shape index (κ3) is 5.73. The van der Waals surface area contributed by atoms with E-state index < -0.39 is 16.5 Å². The summed E-state index contributed by atoms with van der Waals surface area (Å²) in [5, 5.41) is 13.0. The molecule has 6 rings (SSSR count). The van der Waals surface area contributed by atoms with E-state index in [0.29, 0.717) is 0 Å². The van der Waals surface area contributed by atoms with Crippen molar-refractivity contribution in [3.63, 3.8) is 0 Å². The highest BCUT2D eigenvalue weighted by Gasteiger charge is 2.51. The first-order valence-electron chi connectivity index (χ1n) is 15.5. The summed E-state index contributed by atoms with van der Waals surface area (Å²) in [4.78, 5) is 0. The molecule has 3 nitrogen and oxygen atoms in total. The molecule has 0 unspecified atom stereocenters. The lowest BCUT2D eigenvalue weighted by molar-refractivity contribution is 0.244. The highest BCUT2D eigenvalue weighted by Crippen LogP contribution is 2.25. The second kappa shape index (κ2) is 13.0. The molecule has 0 atom stereocenters. The first-order valence-corrected chi connectivity index (χ1v) is 19.4. The lowest BCUT2D eigenvalue weighted by Crippen LogP contribution is -2.79. The van der Waals surface area contributed by atoms with Crippen molar-refractivity contribution in [1.29, 1.82) is 0 Å². The molecule has 0 aliphatic rings. The second-order valence-electron chi connectivity index (χ2n) is 12.3. The molecule has 222 valence electrons. The largest absolute Gasteiger partial charge is 0.303 e. The smallest absolute Gasteiger partial charge is 0.287 e. The quantitative estimate of drug-likeness (QED) is 0.0874. The van der Waals surface area contributed by atoms with Crippen LogP contribution in [0, 0.1) is 0 Å². The first kappa shape index (κ1) is 30.2. The highest BCUT2D eigenvalue weighted by molar-refractivity contribution is 7.11. The third-order valence-corrected chi connectivity index (χ3v) is 17.2. The summed E-state index contributed by atoms with van der Waals surface area (Å²) < 4.78 is 8.09. The van der Waals surface area contributed by atoms with Gasteiger partial charge in [0.25, 0.3) is 8.24 Å².